The quantitative estimate of drug-likeness (QED) is 0.346. The van der Waals surface area contributed by atoms with Crippen LogP contribution >= 0.6 is 15.9 Å². The van der Waals surface area contributed by atoms with Crippen molar-refractivity contribution in [3.63, 3.8) is 0 Å². The highest BCUT2D eigenvalue weighted by atomic mass is 79.9. The van der Waals surface area contributed by atoms with Gasteiger partial charge in [-0.2, -0.15) is 0 Å². The van der Waals surface area contributed by atoms with Crippen molar-refractivity contribution in [1.82, 2.24) is 0 Å². The number of unbranched alkanes of at least 4 members (excludes halogenated alkanes) is 7. The minimum absolute atomic E-state index is 0.213. The van der Waals surface area contributed by atoms with Crippen LogP contribution in [0, 0.1) is 11.6 Å². The number of rotatable bonds is 10. The molecule has 0 fully saturated rings. The van der Waals surface area contributed by atoms with Crippen LogP contribution in [0.25, 0.3) is 0 Å². The lowest BCUT2D eigenvalue weighted by molar-refractivity contribution is 0.0971. The van der Waals surface area contributed by atoms with Crippen LogP contribution in [0.4, 0.5) is 8.78 Å². The summed E-state index contributed by atoms with van der Waals surface area (Å²) in [7, 11) is 0. The van der Waals surface area contributed by atoms with Crippen molar-refractivity contribution in [2.75, 3.05) is 0 Å². The number of Topliss-reactive ketones (excluding diaryl/α,β-unsaturated/α-hetero) is 1. The second kappa shape index (κ2) is 10.0. The van der Waals surface area contributed by atoms with Crippen molar-refractivity contribution in [2.24, 2.45) is 0 Å². The highest BCUT2D eigenvalue weighted by Crippen LogP contribution is 2.21. The molecule has 0 N–H and O–H groups in total. The Morgan fingerprint density at radius 3 is 1.95 bits per heavy atom. The fraction of sp³-hybridized carbons (Fsp3) is 0.588. The molecular weight excluding hydrogens is 338 g/mol. The Balaban J connectivity index is 2.29. The van der Waals surface area contributed by atoms with E-state index in [1.165, 1.54) is 32.1 Å². The van der Waals surface area contributed by atoms with E-state index in [1.54, 1.807) is 0 Å². The molecular formula is C17H23BrF2O. The Labute approximate surface area is 134 Å². The summed E-state index contributed by atoms with van der Waals surface area (Å²) in [6.45, 7) is 2.19. The first-order chi connectivity index (χ1) is 10.1. The zero-order chi connectivity index (χ0) is 15.7. The predicted molar refractivity (Wildman–Crippen MR) is 85.6 cm³/mol. The molecule has 0 aliphatic rings. The fourth-order valence-corrected chi connectivity index (χ4v) is 2.75. The maximum Gasteiger partial charge on any atom is 0.168 e. The first-order valence-corrected chi connectivity index (χ1v) is 8.53. The zero-order valence-electron chi connectivity index (χ0n) is 12.6. The van der Waals surface area contributed by atoms with E-state index < -0.39 is 23.0 Å². The Morgan fingerprint density at radius 1 is 0.952 bits per heavy atom. The number of benzene rings is 1. The van der Waals surface area contributed by atoms with E-state index in [2.05, 4.69) is 22.9 Å². The van der Waals surface area contributed by atoms with Crippen LogP contribution < -0.4 is 0 Å². The second-order valence-electron chi connectivity index (χ2n) is 5.39. The highest BCUT2D eigenvalue weighted by Gasteiger charge is 2.17. The van der Waals surface area contributed by atoms with Crippen LogP contribution in [0.1, 0.15) is 75.1 Å². The number of ketones is 1. The molecule has 1 nitrogen and oxygen atoms in total. The Kier molecular flexibility index (Phi) is 8.74. The molecule has 0 aliphatic heterocycles. The third kappa shape index (κ3) is 6.68. The van der Waals surface area contributed by atoms with Crippen molar-refractivity contribution in [2.45, 2.75) is 64.7 Å². The number of carbonyl (C=O) groups excluding carboxylic acids is 1. The Bertz CT molecular complexity index is 437. The molecule has 1 aromatic carbocycles. The summed E-state index contributed by atoms with van der Waals surface area (Å²) in [6, 6.07) is 2.26. The number of carbonyl (C=O) groups is 1. The van der Waals surface area contributed by atoms with Gasteiger partial charge >= 0.3 is 0 Å². The van der Waals surface area contributed by atoms with E-state index in [4.69, 9.17) is 0 Å². The lowest BCUT2D eigenvalue weighted by atomic mass is 10.0. The van der Waals surface area contributed by atoms with Gasteiger partial charge in [-0.3, -0.25) is 4.79 Å². The summed E-state index contributed by atoms with van der Waals surface area (Å²) in [6.07, 6.45) is 9.13. The van der Waals surface area contributed by atoms with Gasteiger partial charge in [-0.05, 0) is 18.6 Å². The van der Waals surface area contributed by atoms with Crippen molar-refractivity contribution < 1.29 is 13.6 Å². The van der Waals surface area contributed by atoms with Crippen molar-refractivity contribution in [1.29, 1.82) is 0 Å². The molecule has 4 heteroatoms. The molecule has 0 spiro atoms. The van der Waals surface area contributed by atoms with Gasteiger partial charge in [0.1, 0.15) is 11.6 Å². The monoisotopic (exact) mass is 360 g/mol. The summed E-state index contributed by atoms with van der Waals surface area (Å²) >= 11 is 3.00. The Morgan fingerprint density at radius 2 is 1.43 bits per heavy atom. The maximum absolute atomic E-state index is 13.6. The van der Waals surface area contributed by atoms with Crippen LogP contribution in [0.2, 0.25) is 0 Å². The molecule has 0 radical (unpaired) electrons. The van der Waals surface area contributed by atoms with E-state index >= 15 is 0 Å². The van der Waals surface area contributed by atoms with Crippen molar-refractivity contribution in [3.05, 3.63) is 33.8 Å². The van der Waals surface area contributed by atoms with Gasteiger partial charge in [-0.25, -0.2) is 8.78 Å². The fourth-order valence-electron chi connectivity index (χ4n) is 2.35. The average molecular weight is 361 g/mol. The first kappa shape index (κ1) is 18.3. The van der Waals surface area contributed by atoms with Crippen LogP contribution in [0.15, 0.2) is 16.6 Å². The van der Waals surface area contributed by atoms with Gasteiger partial charge in [0, 0.05) is 10.9 Å². The van der Waals surface area contributed by atoms with Gasteiger partial charge in [0.15, 0.2) is 5.78 Å². The lowest BCUT2D eigenvalue weighted by Crippen LogP contribution is -2.06. The summed E-state index contributed by atoms with van der Waals surface area (Å²) in [5, 5.41) is 0. The van der Waals surface area contributed by atoms with Crippen molar-refractivity contribution >= 4 is 21.7 Å². The molecule has 118 valence electrons. The summed E-state index contributed by atoms with van der Waals surface area (Å²) < 4.78 is 27.5. The van der Waals surface area contributed by atoms with Gasteiger partial charge in [0.05, 0.1) is 5.56 Å². The maximum atomic E-state index is 13.6. The van der Waals surface area contributed by atoms with E-state index in [0.717, 1.165) is 25.0 Å². The molecule has 0 saturated heterocycles. The van der Waals surface area contributed by atoms with Crippen LogP contribution in [0.5, 0.6) is 0 Å². The summed E-state index contributed by atoms with van der Waals surface area (Å²) in [5.74, 6) is -2.01. The van der Waals surface area contributed by atoms with Gasteiger partial charge in [-0.1, -0.05) is 67.8 Å². The van der Waals surface area contributed by atoms with Gasteiger partial charge in [0.2, 0.25) is 0 Å². The van der Waals surface area contributed by atoms with E-state index in [1.807, 2.05) is 0 Å². The summed E-state index contributed by atoms with van der Waals surface area (Å²) in [4.78, 5) is 11.9. The topological polar surface area (TPSA) is 17.1 Å². The van der Waals surface area contributed by atoms with Gasteiger partial charge < -0.3 is 0 Å². The third-order valence-corrected chi connectivity index (χ3v) is 4.00. The number of hydrogen-bond donors (Lipinski definition) is 0. The molecule has 0 aromatic heterocycles. The molecule has 0 aliphatic carbocycles. The third-order valence-electron chi connectivity index (χ3n) is 3.54. The van der Waals surface area contributed by atoms with Crippen LogP contribution in [0.3, 0.4) is 0 Å². The highest BCUT2D eigenvalue weighted by molar-refractivity contribution is 9.10. The van der Waals surface area contributed by atoms with Gasteiger partial charge in [-0.15, -0.1) is 0 Å². The predicted octanol–water partition coefficient (Wildman–Crippen LogP) is 6.44. The second-order valence-corrected chi connectivity index (χ2v) is 6.31. The van der Waals surface area contributed by atoms with Crippen LogP contribution in [-0.4, -0.2) is 5.78 Å². The summed E-state index contributed by atoms with van der Waals surface area (Å²) in [5.41, 5.74) is -0.402. The number of hydrogen-bond acceptors (Lipinski definition) is 1. The van der Waals surface area contributed by atoms with Crippen LogP contribution in [-0.2, 0) is 0 Å². The van der Waals surface area contributed by atoms with E-state index in [0.29, 0.717) is 10.9 Å². The smallest absolute Gasteiger partial charge is 0.168 e. The number of halogens is 3. The van der Waals surface area contributed by atoms with Crippen molar-refractivity contribution in [3.8, 4) is 0 Å². The largest absolute Gasteiger partial charge is 0.294 e. The zero-order valence-corrected chi connectivity index (χ0v) is 14.1. The van der Waals surface area contributed by atoms with E-state index in [9.17, 15) is 13.6 Å². The van der Waals surface area contributed by atoms with Gasteiger partial charge in [0.25, 0.3) is 0 Å². The molecule has 0 unspecified atom stereocenters. The molecule has 0 bridgehead atoms. The minimum atomic E-state index is -0.786. The Hall–Kier alpha value is -0.770. The molecule has 1 rings (SSSR count). The minimum Gasteiger partial charge on any atom is -0.294 e. The lowest BCUT2D eigenvalue weighted by Gasteiger charge is -2.05. The molecule has 0 heterocycles. The first-order valence-electron chi connectivity index (χ1n) is 7.74. The standard InChI is InChI=1S/C17H23BrF2O/c1-2-3-4-5-6-7-8-9-10-16(21)17-14(19)11-13(18)12-15(17)20/h11-12H,2-10H2,1H3. The van der Waals surface area contributed by atoms with E-state index in [-0.39, 0.29) is 6.42 Å². The average Bonchev–Trinajstić information content (AvgIpc) is 2.40. The molecule has 1 aromatic rings. The molecule has 21 heavy (non-hydrogen) atoms. The molecule has 0 atom stereocenters. The molecule has 0 amide bonds. The molecule has 0 saturated carbocycles. The normalized spacial score (nSPS) is 10.9. The SMILES string of the molecule is CCCCCCCCCCC(=O)c1c(F)cc(Br)cc1F.